The number of rotatable bonds is 10. The summed E-state index contributed by atoms with van der Waals surface area (Å²) in [5.74, 6) is 0.515. The Balaban J connectivity index is 3.57. The van der Waals surface area contributed by atoms with Gasteiger partial charge in [-0.25, -0.2) is 0 Å². The first kappa shape index (κ1) is 16.4. The number of hydrogen-bond acceptors (Lipinski definition) is 4. The Morgan fingerprint density at radius 1 is 1.24 bits per heavy atom. The minimum Gasteiger partial charge on any atom is -0.468 e. The third-order valence-corrected chi connectivity index (χ3v) is 2.56. The molecule has 102 valence electrons. The van der Waals surface area contributed by atoms with Crippen LogP contribution >= 0.6 is 0 Å². The number of hydrogen-bond donors (Lipinski definition) is 1. The molecule has 0 aliphatic heterocycles. The molecule has 0 aromatic carbocycles. The number of nitrogens with one attached hydrogen (secondary N) is 1. The SMILES string of the molecule is CCNC(CCOCCCC(C)C)C(=O)OC. The molecule has 0 aromatic heterocycles. The summed E-state index contributed by atoms with van der Waals surface area (Å²) >= 11 is 0. The Bertz CT molecular complexity index is 195. The van der Waals surface area contributed by atoms with Crippen LogP contribution in [0.25, 0.3) is 0 Å². The molecule has 1 atom stereocenters. The highest BCUT2D eigenvalue weighted by atomic mass is 16.5. The van der Waals surface area contributed by atoms with Crippen LogP contribution in [0, 0.1) is 5.92 Å². The molecule has 0 aliphatic carbocycles. The molecular formula is C13H27NO3. The first-order chi connectivity index (χ1) is 8.11. The van der Waals surface area contributed by atoms with Crippen molar-refractivity contribution in [3.63, 3.8) is 0 Å². The third-order valence-electron chi connectivity index (χ3n) is 2.56. The fraction of sp³-hybridized carbons (Fsp3) is 0.923. The number of methoxy groups -OCH3 is 1. The quantitative estimate of drug-likeness (QED) is 0.472. The van der Waals surface area contributed by atoms with Crippen LogP contribution < -0.4 is 5.32 Å². The molecule has 1 unspecified atom stereocenters. The van der Waals surface area contributed by atoms with Crippen molar-refractivity contribution in [3.8, 4) is 0 Å². The maximum Gasteiger partial charge on any atom is 0.322 e. The molecule has 0 heterocycles. The van der Waals surface area contributed by atoms with E-state index in [1.807, 2.05) is 6.92 Å². The van der Waals surface area contributed by atoms with E-state index in [0.717, 1.165) is 25.5 Å². The van der Waals surface area contributed by atoms with Gasteiger partial charge in [0.05, 0.1) is 7.11 Å². The lowest BCUT2D eigenvalue weighted by atomic mass is 10.1. The van der Waals surface area contributed by atoms with E-state index in [9.17, 15) is 4.79 Å². The molecule has 0 radical (unpaired) electrons. The summed E-state index contributed by atoms with van der Waals surface area (Å²) in [6.07, 6.45) is 2.94. The molecule has 0 amide bonds. The Morgan fingerprint density at radius 3 is 2.47 bits per heavy atom. The van der Waals surface area contributed by atoms with E-state index in [1.165, 1.54) is 13.5 Å². The second kappa shape index (κ2) is 10.5. The van der Waals surface area contributed by atoms with Crippen LogP contribution in [-0.2, 0) is 14.3 Å². The zero-order chi connectivity index (χ0) is 13.1. The Labute approximate surface area is 105 Å². The van der Waals surface area contributed by atoms with E-state index >= 15 is 0 Å². The van der Waals surface area contributed by atoms with Crippen molar-refractivity contribution in [3.05, 3.63) is 0 Å². The van der Waals surface area contributed by atoms with E-state index in [1.54, 1.807) is 0 Å². The average molecular weight is 245 g/mol. The average Bonchev–Trinajstić information content (AvgIpc) is 2.30. The topological polar surface area (TPSA) is 47.6 Å². The monoisotopic (exact) mass is 245 g/mol. The fourth-order valence-corrected chi connectivity index (χ4v) is 1.59. The highest BCUT2D eigenvalue weighted by molar-refractivity contribution is 5.75. The molecule has 0 bridgehead atoms. The van der Waals surface area contributed by atoms with Gasteiger partial charge in [0.1, 0.15) is 6.04 Å². The Morgan fingerprint density at radius 2 is 1.94 bits per heavy atom. The van der Waals surface area contributed by atoms with Gasteiger partial charge in [-0.1, -0.05) is 20.8 Å². The lowest BCUT2D eigenvalue weighted by Crippen LogP contribution is -2.38. The van der Waals surface area contributed by atoms with Crippen LogP contribution in [0.15, 0.2) is 0 Å². The van der Waals surface area contributed by atoms with Gasteiger partial charge in [0.2, 0.25) is 0 Å². The van der Waals surface area contributed by atoms with Crippen molar-refractivity contribution in [2.45, 2.75) is 46.1 Å². The minimum absolute atomic E-state index is 0.211. The number of esters is 1. The standard InChI is InChI=1S/C13H27NO3/c1-5-14-12(13(15)16-4)8-10-17-9-6-7-11(2)3/h11-12,14H,5-10H2,1-4H3. The fourth-order valence-electron chi connectivity index (χ4n) is 1.59. The van der Waals surface area contributed by atoms with Crippen LogP contribution in [0.4, 0.5) is 0 Å². The van der Waals surface area contributed by atoms with E-state index < -0.39 is 0 Å². The van der Waals surface area contributed by atoms with E-state index in [-0.39, 0.29) is 12.0 Å². The van der Waals surface area contributed by atoms with E-state index in [4.69, 9.17) is 9.47 Å². The van der Waals surface area contributed by atoms with Gasteiger partial charge in [-0.3, -0.25) is 4.79 Å². The largest absolute Gasteiger partial charge is 0.468 e. The van der Waals surface area contributed by atoms with Gasteiger partial charge >= 0.3 is 5.97 Å². The molecule has 1 N–H and O–H groups in total. The summed E-state index contributed by atoms with van der Waals surface area (Å²) in [4.78, 5) is 11.4. The molecular weight excluding hydrogens is 218 g/mol. The second-order valence-corrected chi connectivity index (χ2v) is 4.57. The van der Waals surface area contributed by atoms with Crippen molar-refractivity contribution in [1.29, 1.82) is 0 Å². The molecule has 0 spiro atoms. The first-order valence-electron chi connectivity index (χ1n) is 6.50. The summed E-state index contributed by atoms with van der Waals surface area (Å²) in [6, 6.07) is -0.241. The number of carbonyl (C=O) groups excluding carboxylic acids is 1. The minimum atomic E-state index is -0.241. The predicted octanol–water partition coefficient (Wildman–Crippen LogP) is 1.98. The molecule has 0 aromatic rings. The summed E-state index contributed by atoms with van der Waals surface area (Å²) in [5.41, 5.74) is 0. The van der Waals surface area contributed by atoms with E-state index in [0.29, 0.717) is 13.0 Å². The number of likely N-dealkylation sites (N-methyl/N-ethyl adjacent to an activating group) is 1. The zero-order valence-electron chi connectivity index (χ0n) is 11.6. The van der Waals surface area contributed by atoms with Gasteiger partial charge in [0.15, 0.2) is 0 Å². The molecule has 0 saturated heterocycles. The van der Waals surface area contributed by atoms with Crippen LogP contribution in [0.3, 0.4) is 0 Å². The zero-order valence-corrected chi connectivity index (χ0v) is 11.6. The van der Waals surface area contributed by atoms with Crippen LogP contribution in [0.5, 0.6) is 0 Å². The second-order valence-electron chi connectivity index (χ2n) is 4.57. The van der Waals surface area contributed by atoms with Gasteiger partial charge in [-0.05, 0) is 31.7 Å². The first-order valence-corrected chi connectivity index (χ1v) is 6.50. The van der Waals surface area contributed by atoms with Crippen LogP contribution in [0.2, 0.25) is 0 Å². The molecule has 0 saturated carbocycles. The maximum atomic E-state index is 11.4. The van der Waals surface area contributed by atoms with Gasteiger partial charge in [0, 0.05) is 13.2 Å². The smallest absolute Gasteiger partial charge is 0.322 e. The van der Waals surface area contributed by atoms with Gasteiger partial charge < -0.3 is 14.8 Å². The maximum absolute atomic E-state index is 11.4. The van der Waals surface area contributed by atoms with Crippen molar-refractivity contribution < 1.29 is 14.3 Å². The van der Waals surface area contributed by atoms with Crippen LogP contribution in [0.1, 0.15) is 40.0 Å². The molecule has 0 aliphatic rings. The normalized spacial score (nSPS) is 12.8. The van der Waals surface area contributed by atoms with Crippen molar-refractivity contribution in [2.75, 3.05) is 26.9 Å². The predicted molar refractivity (Wildman–Crippen MR) is 69.0 cm³/mol. The summed E-state index contributed by atoms with van der Waals surface area (Å²) in [7, 11) is 1.41. The Hall–Kier alpha value is -0.610. The van der Waals surface area contributed by atoms with Crippen molar-refractivity contribution >= 4 is 5.97 Å². The molecule has 4 nitrogen and oxygen atoms in total. The molecule has 0 rings (SSSR count). The van der Waals surface area contributed by atoms with Gasteiger partial charge in [-0.2, -0.15) is 0 Å². The molecule has 17 heavy (non-hydrogen) atoms. The summed E-state index contributed by atoms with van der Waals surface area (Å²) in [5, 5.41) is 3.09. The lowest BCUT2D eigenvalue weighted by Gasteiger charge is -2.15. The lowest BCUT2D eigenvalue weighted by molar-refractivity contribution is -0.143. The number of ether oxygens (including phenoxy) is 2. The van der Waals surface area contributed by atoms with Gasteiger partial charge in [-0.15, -0.1) is 0 Å². The third kappa shape index (κ3) is 9.12. The Kier molecular flexibility index (Phi) is 10.2. The summed E-state index contributed by atoms with van der Waals surface area (Å²) < 4.78 is 10.2. The van der Waals surface area contributed by atoms with Crippen molar-refractivity contribution in [1.82, 2.24) is 5.32 Å². The number of carbonyl (C=O) groups is 1. The summed E-state index contributed by atoms with van der Waals surface area (Å²) in [6.45, 7) is 8.52. The highest BCUT2D eigenvalue weighted by Gasteiger charge is 2.16. The van der Waals surface area contributed by atoms with E-state index in [2.05, 4.69) is 19.2 Å². The molecule has 0 fully saturated rings. The highest BCUT2D eigenvalue weighted by Crippen LogP contribution is 2.03. The van der Waals surface area contributed by atoms with Crippen LogP contribution in [-0.4, -0.2) is 38.9 Å². The van der Waals surface area contributed by atoms with Crippen molar-refractivity contribution in [2.24, 2.45) is 5.92 Å². The van der Waals surface area contributed by atoms with Gasteiger partial charge in [0.25, 0.3) is 0 Å². The molecule has 4 heteroatoms.